The van der Waals surface area contributed by atoms with Crippen LogP contribution in [0, 0.1) is 0 Å². The van der Waals surface area contributed by atoms with Crippen LogP contribution < -0.4 is 5.56 Å². The lowest BCUT2D eigenvalue weighted by atomic mass is 10.0. The van der Waals surface area contributed by atoms with E-state index in [9.17, 15) is 9.90 Å². The molecule has 0 fully saturated rings. The van der Waals surface area contributed by atoms with Gasteiger partial charge in [0, 0.05) is 5.56 Å². The SMILES string of the molecule is CC(C)c1ccc2nc(-c3ccc(O)cc3)[nH]c(=O)c2c1. The number of phenolic OH excluding ortho intramolecular Hbond substituents is 1. The van der Waals surface area contributed by atoms with Gasteiger partial charge in [-0.05, 0) is 47.9 Å². The molecule has 1 aromatic heterocycles. The summed E-state index contributed by atoms with van der Waals surface area (Å²) < 4.78 is 0. The van der Waals surface area contributed by atoms with Gasteiger partial charge >= 0.3 is 0 Å². The van der Waals surface area contributed by atoms with E-state index >= 15 is 0 Å². The number of H-pyrrole nitrogens is 1. The number of hydrogen-bond acceptors (Lipinski definition) is 3. The van der Waals surface area contributed by atoms with Crippen molar-refractivity contribution in [2.75, 3.05) is 0 Å². The van der Waals surface area contributed by atoms with Crippen LogP contribution in [0.2, 0.25) is 0 Å². The van der Waals surface area contributed by atoms with Gasteiger partial charge in [-0.15, -0.1) is 0 Å². The van der Waals surface area contributed by atoms with Crippen molar-refractivity contribution in [2.45, 2.75) is 19.8 Å². The molecule has 3 aromatic rings. The summed E-state index contributed by atoms with van der Waals surface area (Å²) in [4.78, 5) is 19.6. The zero-order valence-electron chi connectivity index (χ0n) is 11.9. The Morgan fingerprint density at radius 2 is 1.81 bits per heavy atom. The smallest absolute Gasteiger partial charge is 0.259 e. The Hall–Kier alpha value is -2.62. The summed E-state index contributed by atoms with van der Waals surface area (Å²) in [7, 11) is 0. The average Bonchev–Trinajstić information content (AvgIpc) is 2.47. The second kappa shape index (κ2) is 5.05. The van der Waals surface area contributed by atoms with Gasteiger partial charge in [0.25, 0.3) is 5.56 Å². The molecule has 4 nitrogen and oxygen atoms in total. The molecular weight excluding hydrogens is 264 g/mol. The molecule has 3 rings (SSSR count). The fraction of sp³-hybridized carbons (Fsp3) is 0.176. The molecule has 21 heavy (non-hydrogen) atoms. The molecule has 2 N–H and O–H groups in total. The highest BCUT2D eigenvalue weighted by molar-refractivity contribution is 5.80. The van der Waals surface area contributed by atoms with Gasteiger partial charge in [-0.2, -0.15) is 0 Å². The van der Waals surface area contributed by atoms with Crippen molar-refractivity contribution in [3.63, 3.8) is 0 Å². The Morgan fingerprint density at radius 1 is 1.10 bits per heavy atom. The molecule has 0 amide bonds. The molecule has 106 valence electrons. The third kappa shape index (κ3) is 2.52. The van der Waals surface area contributed by atoms with Crippen LogP contribution in [0.3, 0.4) is 0 Å². The first-order valence-electron chi connectivity index (χ1n) is 6.88. The fourth-order valence-corrected chi connectivity index (χ4v) is 2.27. The molecule has 0 spiro atoms. The lowest BCUT2D eigenvalue weighted by Crippen LogP contribution is -2.10. The van der Waals surface area contributed by atoms with Crippen LogP contribution in [-0.4, -0.2) is 15.1 Å². The summed E-state index contributed by atoms with van der Waals surface area (Å²) in [5, 5.41) is 9.92. The normalized spacial score (nSPS) is 11.2. The van der Waals surface area contributed by atoms with E-state index in [2.05, 4.69) is 23.8 Å². The van der Waals surface area contributed by atoms with Gasteiger partial charge in [0.2, 0.25) is 0 Å². The lowest BCUT2D eigenvalue weighted by Gasteiger charge is -2.07. The van der Waals surface area contributed by atoms with E-state index in [1.807, 2.05) is 18.2 Å². The maximum atomic E-state index is 12.3. The maximum absolute atomic E-state index is 12.3. The molecule has 0 aliphatic heterocycles. The number of rotatable bonds is 2. The molecule has 0 bridgehead atoms. The van der Waals surface area contributed by atoms with E-state index in [4.69, 9.17) is 0 Å². The van der Waals surface area contributed by atoms with Gasteiger partial charge in [0.1, 0.15) is 11.6 Å². The van der Waals surface area contributed by atoms with Crippen molar-refractivity contribution in [3.8, 4) is 17.1 Å². The minimum atomic E-state index is -0.148. The molecule has 0 atom stereocenters. The summed E-state index contributed by atoms with van der Waals surface area (Å²) in [6.45, 7) is 4.18. The third-order valence-corrected chi connectivity index (χ3v) is 3.54. The van der Waals surface area contributed by atoms with Gasteiger partial charge < -0.3 is 10.1 Å². The number of hydrogen-bond donors (Lipinski definition) is 2. The van der Waals surface area contributed by atoms with Crippen molar-refractivity contribution in [2.24, 2.45) is 0 Å². The zero-order valence-corrected chi connectivity index (χ0v) is 11.9. The van der Waals surface area contributed by atoms with Crippen molar-refractivity contribution in [1.29, 1.82) is 0 Å². The predicted octanol–water partition coefficient (Wildman–Crippen LogP) is 3.42. The number of nitrogens with zero attached hydrogens (tertiary/aromatic N) is 1. The van der Waals surface area contributed by atoms with E-state index in [0.29, 0.717) is 22.6 Å². The van der Waals surface area contributed by atoms with Crippen LogP contribution in [-0.2, 0) is 0 Å². The van der Waals surface area contributed by atoms with Crippen LogP contribution in [0.5, 0.6) is 5.75 Å². The largest absolute Gasteiger partial charge is 0.508 e. The van der Waals surface area contributed by atoms with Crippen molar-refractivity contribution >= 4 is 10.9 Å². The Kier molecular flexibility index (Phi) is 3.22. The molecule has 0 unspecified atom stereocenters. The highest BCUT2D eigenvalue weighted by Crippen LogP contribution is 2.21. The number of fused-ring (bicyclic) bond motifs is 1. The van der Waals surface area contributed by atoms with Crippen molar-refractivity contribution in [1.82, 2.24) is 9.97 Å². The average molecular weight is 280 g/mol. The number of phenols is 1. The summed E-state index contributed by atoms with van der Waals surface area (Å²) >= 11 is 0. The molecule has 4 heteroatoms. The molecule has 0 aliphatic carbocycles. The Labute approximate surface area is 122 Å². The van der Waals surface area contributed by atoms with Crippen LogP contribution >= 0.6 is 0 Å². The Bertz CT molecular complexity index is 849. The summed E-state index contributed by atoms with van der Waals surface area (Å²) in [6.07, 6.45) is 0. The standard InChI is InChI=1S/C17H16N2O2/c1-10(2)12-5-8-15-14(9-12)17(21)19-16(18-15)11-3-6-13(20)7-4-11/h3-10,20H,1-2H3,(H,18,19,21). The lowest BCUT2D eigenvalue weighted by molar-refractivity contribution is 0.475. The summed E-state index contributed by atoms with van der Waals surface area (Å²) in [5.74, 6) is 1.05. The van der Waals surface area contributed by atoms with E-state index in [-0.39, 0.29) is 11.3 Å². The first-order chi connectivity index (χ1) is 10.0. The van der Waals surface area contributed by atoms with E-state index < -0.39 is 0 Å². The predicted molar refractivity (Wildman–Crippen MR) is 83.6 cm³/mol. The fourth-order valence-electron chi connectivity index (χ4n) is 2.27. The molecule has 0 saturated heterocycles. The maximum Gasteiger partial charge on any atom is 0.259 e. The van der Waals surface area contributed by atoms with Crippen LogP contribution in [0.1, 0.15) is 25.3 Å². The molecule has 0 aliphatic rings. The quantitative estimate of drug-likeness (QED) is 0.756. The van der Waals surface area contributed by atoms with Crippen molar-refractivity contribution in [3.05, 3.63) is 58.4 Å². The Morgan fingerprint density at radius 3 is 2.48 bits per heavy atom. The van der Waals surface area contributed by atoms with E-state index in [0.717, 1.165) is 11.1 Å². The minimum Gasteiger partial charge on any atom is -0.508 e. The molecule has 0 saturated carbocycles. The van der Waals surface area contributed by atoms with Crippen LogP contribution in [0.25, 0.3) is 22.3 Å². The summed E-state index contributed by atoms with van der Waals surface area (Å²) in [6, 6.07) is 12.4. The number of aromatic nitrogens is 2. The van der Waals surface area contributed by atoms with Gasteiger partial charge in [-0.1, -0.05) is 19.9 Å². The molecule has 2 aromatic carbocycles. The topological polar surface area (TPSA) is 66.0 Å². The van der Waals surface area contributed by atoms with Gasteiger partial charge in [-0.3, -0.25) is 4.79 Å². The van der Waals surface area contributed by atoms with Crippen LogP contribution in [0.15, 0.2) is 47.3 Å². The van der Waals surface area contributed by atoms with Crippen LogP contribution in [0.4, 0.5) is 0 Å². The van der Waals surface area contributed by atoms with Gasteiger partial charge in [-0.25, -0.2) is 4.98 Å². The third-order valence-electron chi connectivity index (χ3n) is 3.54. The highest BCUT2D eigenvalue weighted by atomic mass is 16.3. The first-order valence-corrected chi connectivity index (χ1v) is 6.88. The minimum absolute atomic E-state index is 0.148. The monoisotopic (exact) mass is 280 g/mol. The number of aromatic amines is 1. The van der Waals surface area contributed by atoms with E-state index in [1.165, 1.54) is 0 Å². The highest BCUT2D eigenvalue weighted by Gasteiger charge is 2.08. The van der Waals surface area contributed by atoms with Gasteiger partial charge in [0.15, 0.2) is 0 Å². The molecule has 0 radical (unpaired) electrons. The zero-order chi connectivity index (χ0) is 15.0. The summed E-state index contributed by atoms with van der Waals surface area (Å²) in [5.41, 5.74) is 2.41. The van der Waals surface area contributed by atoms with Gasteiger partial charge in [0.05, 0.1) is 10.9 Å². The second-order valence-electron chi connectivity index (χ2n) is 5.39. The first kappa shape index (κ1) is 13.4. The number of aromatic hydroxyl groups is 1. The van der Waals surface area contributed by atoms with E-state index in [1.54, 1.807) is 24.3 Å². The second-order valence-corrected chi connectivity index (χ2v) is 5.39. The molecule has 1 heterocycles. The van der Waals surface area contributed by atoms with Crippen molar-refractivity contribution < 1.29 is 5.11 Å². The number of benzene rings is 2. The Balaban J connectivity index is 2.18. The molecular formula is C17H16N2O2. The number of nitrogens with one attached hydrogen (secondary N) is 1.